The molecule has 0 saturated heterocycles. The number of hydrogen-bond acceptors (Lipinski definition) is 4. The lowest BCUT2D eigenvalue weighted by Gasteiger charge is -2.42. The van der Waals surface area contributed by atoms with Gasteiger partial charge in [0.2, 0.25) is 0 Å². The van der Waals surface area contributed by atoms with Crippen LogP contribution in [0.3, 0.4) is 0 Å². The molecular weight excluding hydrogens is 446 g/mol. The van der Waals surface area contributed by atoms with E-state index in [4.69, 9.17) is 4.74 Å². The molecule has 1 aliphatic carbocycles. The number of nitrogens with one attached hydrogen (secondary N) is 1. The van der Waals surface area contributed by atoms with Crippen LogP contribution in [0.1, 0.15) is 54.8 Å². The molecule has 1 saturated carbocycles. The Balaban J connectivity index is 1.55. The average Bonchev–Trinajstić information content (AvgIpc) is 2.87. The van der Waals surface area contributed by atoms with Gasteiger partial charge in [0.05, 0.1) is 18.9 Å². The first-order valence-electron chi connectivity index (χ1n) is 11.8. The molecule has 1 fully saturated rings. The second-order valence-electron chi connectivity index (χ2n) is 9.24. The van der Waals surface area contributed by atoms with E-state index in [-0.39, 0.29) is 17.2 Å². The van der Waals surface area contributed by atoms with Gasteiger partial charge in [-0.05, 0) is 66.3 Å². The smallest absolute Gasteiger partial charge is 0.264 e. The Morgan fingerprint density at radius 1 is 0.941 bits per heavy atom. The molecule has 2 N–H and O–H groups in total. The van der Waals surface area contributed by atoms with Gasteiger partial charge in [-0.25, -0.2) is 0 Å². The largest absolute Gasteiger partial charge is 0.497 e. The first kappa shape index (κ1) is 24.5. The summed E-state index contributed by atoms with van der Waals surface area (Å²) in [5.74, 6) is 0.524. The van der Waals surface area contributed by atoms with Crippen molar-refractivity contribution in [3.8, 4) is 5.75 Å². The van der Waals surface area contributed by atoms with Crippen molar-refractivity contribution in [1.82, 2.24) is 5.32 Å². The van der Waals surface area contributed by atoms with Gasteiger partial charge in [-0.15, -0.1) is 0 Å². The minimum Gasteiger partial charge on any atom is -0.497 e. The minimum absolute atomic E-state index is 0.0922. The van der Waals surface area contributed by atoms with E-state index < -0.39 is 10.1 Å². The Morgan fingerprint density at radius 3 is 2.06 bits per heavy atom. The molecule has 6 heteroatoms. The van der Waals surface area contributed by atoms with E-state index in [1.165, 1.54) is 11.1 Å². The number of hydrogen-bond donors (Lipinski definition) is 2. The highest BCUT2D eigenvalue weighted by atomic mass is 32.2. The van der Waals surface area contributed by atoms with Crippen molar-refractivity contribution in [2.45, 2.75) is 49.6 Å². The van der Waals surface area contributed by atoms with Crippen LogP contribution in [-0.4, -0.2) is 31.9 Å². The van der Waals surface area contributed by atoms with Gasteiger partial charge in [-0.3, -0.25) is 4.55 Å². The monoisotopic (exact) mass is 479 g/mol. The summed E-state index contributed by atoms with van der Waals surface area (Å²) in [7, 11) is -2.40. The Morgan fingerprint density at radius 2 is 1.53 bits per heavy atom. The molecule has 34 heavy (non-hydrogen) atoms. The minimum atomic E-state index is -4.04. The number of rotatable bonds is 9. The summed E-state index contributed by atoms with van der Waals surface area (Å²) >= 11 is 0. The highest BCUT2D eigenvalue weighted by Gasteiger charge is 2.38. The van der Waals surface area contributed by atoms with E-state index >= 15 is 0 Å². The third-order valence-electron chi connectivity index (χ3n) is 7.13. The average molecular weight is 480 g/mol. The van der Waals surface area contributed by atoms with Gasteiger partial charge in [-0.1, -0.05) is 72.8 Å². The standard InChI is InChI=1S/C28H33NO4S/c1-33-26-14-8-13-24(21-26)28(19-20-34(30,31)32)17-15-25(16-18-28)29-27(22-9-4-2-5-10-22)23-11-6-3-7-12-23/h2-14,21,25,27,29H,15-20H2,1H3,(H,30,31,32). The summed E-state index contributed by atoms with van der Waals surface area (Å²) in [5, 5.41) is 3.88. The third kappa shape index (κ3) is 6.06. The van der Waals surface area contributed by atoms with Gasteiger partial charge in [0.25, 0.3) is 10.1 Å². The van der Waals surface area contributed by atoms with Crippen LogP contribution in [0.5, 0.6) is 5.75 Å². The second kappa shape index (κ2) is 10.7. The molecule has 180 valence electrons. The zero-order valence-electron chi connectivity index (χ0n) is 19.6. The van der Waals surface area contributed by atoms with Crippen molar-refractivity contribution in [3.63, 3.8) is 0 Å². The van der Waals surface area contributed by atoms with Crippen molar-refractivity contribution in [1.29, 1.82) is 0 Å². The molecule has 0 aliphatic heterocycles. The Bertz CT molecular complexity index is 1120. The van der Waals surface area contributed by atoms with Crippen LogP contribution in [0.25, 0.3) is 0 Å². The van der Waals surface area contributed by atoms with E-state index in [9.17, 15) is 13.0 Å². The van der Waals surface area contributed by atoms with Gasteiger partial charge < -0.3 is 10.1 Å². The van der Waals surface area contributed by atoms with Gasteiger partial charge in [0.15, 0.2) is 0 Å². The molecule has 5 nitrogen and oxygen atoms in total. The van der Waals surface area contributed by atoms with E-state index in [0.29, 0.717) is 12.5 Å². The van der Waals surface area contributed by atoms with Gasteiger partial charge in [0, 0.05) is 6.04 Å². The molecule has 1 aliphatic rings. The third-order valence-corrected chi connectivity index (χ3v) is 7.85. The molecule has 0 unspecified atom stereocenters. The molecular formula is C28H33NO4S. The molecule has 3 aromatic carbocycles. The zero-order chi connectivity index (χ0) is 24.0. The van der Waals surface area contributed by atoms with Crippen molar-refractivity contribution in [3.05, 3.63) is 102 Å². The number of methoxy groups -OCH3 is 1. The van der Waals surface area contributed by atoms with Crippen LogP contribution in [0, 0.1) is 0 Å². The van der Waals surface area contributed by atoms with Crippen LogP contribution >= 0.6 is 0 Å². The predicted molar refractivity (Wildman–Crippen MR) is 136 cm³/mol. The van der Waals surface area contributed by atoms with Crippen molar-refractivity contribution in [2.24, 2.45) is 0 Å². The molecule has 0 atom stereocenters. The van der Waals surface area contributed by atoms with Crippen molar-refractivity contribution in [2.75, 3.05) is 12.9 Å². The van der Waals surface area contributed by atoms with Gasteiger partial charge in [0.1, 0.15) is 5.75 Å². The molecule has 0 heterocycles. The van der Waals surface area contributed by atoms with E-state index in [1.807, 2.05) is 30.3 Å². The van der Waals surface area contributed by atoms with Crippen LogP contribution in [0.15, 0.2) is 84.9 Å². The van der Waals surface area contributed by atoms with E-state index in [0.717, 1.165) is 37.0 Å². The van der Waals surface area contributed by atoms with Crippen LogP contribution in [0.4, 0.5) is 0 Å². The maximum Gasteiger partial charge on any atom is 0.264 e. The lowest BCUT2D eigenvalue weighted by atomic mass is 9.66. The van der Waals surface area contributed by atoms with Gasteiger partial charge >= 0.3 is 0 Å². The number of ether oxygens (including phenoxy) is 1. The molecule has 3 aromatic rings. The van der Waals surface area contributed by atoms with Crippen LogP contribution < -0.4 is 10.1 Å². The normalized spacial score (nSPS) is 20.9. The molecule has 0 amide bonds. The molecule has 0 radical (unpaired) electrons. The SMILES string of the molecule is COc1cccc(C2(CCS(=O)(=O)O)CCC(NC(c3ccccc3)c3ccccc3)CC2)c1. The molecule has 0 spiro atoms. The Kier molecular flexibility index (Phi) is 7.71. The summed E-state index contributed by atoms with van der Waals surface area (Å²) in [6, 6.07) is 29.2. The summed E-state index contributed by atoms with van der Waals surface area (Å²) in [5.41, 5.74) is 3.23. The van der Waals surface area contributed by atoms with Crippen molar-refractivity contribution >= 4 is 10.1 Å². The highest BCUT2D eigenvalue weighted by Crippen LogP contribution is 2.44. The first-order chi connectivity index (χ1) is 16.4. The van der Waals surface area contributed by atoms with E-state index in [2.05, 4.69) is 59.9 Å². The highest BCUT2D eigenvalue weighted by molar-refractivity contribution is 7.85. The first-order valence-corrected chi connectivity index (χ1v) is 13.5. The quantitative estimate of drug-likeness (QED) is 0.395. The summed E-state index contributed by atoms with van der Waals surface area (Å²) < 4.78 is 38.1. The molecule has 0 bridgehead atoms. The Labute approximate surface area is 202 Å². The lowest BCUT2D eigenvalue weighted by Crippen LogP contribution is -2.42. The molecule has 0 aromatic heterocycles. The number of benzene rings is 3. The predicted octanol–water partition coefficient (Wildman–Crippen LogP) is 5.53. The van der Waals surface area contributed by atoms with Crippen molar-refractivity contribution < 1.29 is 17.7 Å². The van der Waals surface area contributed by atoms with Crippen LogP contribution in [-0.2, 0) is 15.5 Å². The Hall–Kier alpha value is -2.67. The summed E-state index contributed by atoms with van der Waals surface area (Å²) in [6.07, 6.45) is 3.90. The second-order valence-corrected chi connectivity index (χ2v) is 10.8. The lowest BCUT2D eigenvalue weighted by molar-refractivity contribution is 0.232. The zero-order valence-corrected chi connectivity index (χ0v) is 20.4. The maximum absolute atomic E-state index is 11.6. The maximum atomic E-state index is 11.6. The van der Waals surface area contributed by atoms with Crippen LogP contribution in [0.2, 0.25) is 0 Å². The van der Waals surface area contributed by atoms with Gasteiger partial charge in [-0.2, -0.15) is 8.42 Å². The fourth-order valence-electron chi connectivity index (χ4n) is 5.21. The van der Waals surface area contributed by atoms with E-state index in [1.54, 1.807) is 7.11 Å². The topological polar surface area (TPSA) is 75.6 Å². The summed E-state index contributed by atoms with van der Waals surface area (Å²) in [6.45, 7) is 0. The fourth-order valence-corrected chi connectivity index (χ4v) is 5.86. The fraction of sp³-hybridized carbons (Fsp3) is 0.357. The summed E-state index contributed by atoms with van der Waals surface area (Å²) in [4.78, 5) is 0. The molecule has 4 rings (SSSR count).